The van der Waals surface area contributed by atoms with Gasteiger partial charge in [-0.2, -0.15) is 0 Å². The van der Waals surface area contributed by atoms with Gasteiger partial charge in [-0.3, -0.25) is 9.69 Å². The predicted molar refractivity (Wildman–Crippen MR) is 79.1 cm³/mol. The Morgan fingerprint density at radius 1 is 1.48 bits per heavy atom. The molecule has 112 valence electrons. The summed E-state index contributed by atoms with van der Waals surface area (Å²) in [7, 11) is 0. The van der Waals surface area contributed by atoms with Crippen molar-refractivity contribution < 1.29 is 19.1 Å². The van der Waals surface area contributed by atoms with E-state index in [0.29, 0.717) is 11.0 Å². The van der Waals surface area contributed by atoms with Crippen LogP contribution in [0.3, 0.4) is 0 Å². The highest BCUT2D eigenvalue weighted by atomic mass is 79.9. The third-order valence-corrected chi connectivity index (χ3v) is 3.73. The average molecular weight is 376 g/mol. The molecule has 0 saturated carbocycles. The molecule has 0 spiro atoms. The van der Waals surface area contributed by atoms with Crippen LogP contribution in [0.4, 0.5) is 4.79 Å². The Labute approximate surface area is 134 Å². The second kappa shape index (κ2) is 6.44. The molecular formula is C13H12BrClN2O4. The molecule has 1 saturated heterocycles. The van der Waals surface area contributed by atoms with E-state index in [2.05, 4.69) is 21.2 Å². The van der Waals surface area contributed by atoms with E-state index in [0.717, 1.165) is 4.90 Å². The number of amides is 3. The number of imide groups is 1. The lowest BCUT2D eigenvalue weighted by Crippen LogP contribution is -2.41. The van der Waals surface area contributed by atoms with E-state index in [9.17, 15) is 14.4 Å². The van der Waals surface area contributed by atoms with E-state index >= 15 is 0 Å². The van der Waals surface area contributed by atoms with Crippen LogP contribution in [0.5, 0.6) is 0 Å². The molecule has 6 nitrogen and oxygen atoms in total. The number of carbonyl (C=O) groups excluding carboxylic acids is 3. The van der Waals surface area contributed by atoms with Crippen LogP contribution in [0, 0.1) is 0 Å². The van der Waals surface area contributed by atoms with Gasteiger partial charge in [0.25, 0.3) is 5.91 Å². The molecule has 0 radical (unpaired) electrons. The number of benzene rings is 1. The van der Waals surface area contributed by atoms with Gasteiger partial charge in [-0.1, -0.05) is 27.5 Å². The molecule has 1 atom stereocenters. The fourth-order valence-electron chi connectivity index (χ4n) is 1.83. The molecule has 1 aliphatic heterocycles. The van der Waals surface area contributed by atoms with E-state index in [-0.39, 0.29) is 17.1 Å². The number of halogens is 2. The predicted octanol–water partition coefficient (Wildman–Crippen LogP) is 2.20. The molecule has 0 aromatic heterocycles. The molecule has 8 heteroatoms. The van der Waals surface area contributed by atoms with Crippen molar-refractivity contribution >= 4 is 45.4 Å². The largest absolute Gasteiger partial charge is 0.449 e. The maximum atomic E-state index is 12.0. The number of rotatable bonds is 3. The lowest BCUT2D eigenvalue weighted by atomic mass is 10.2. The molecule has 1 aliphatic rings. The van der Waals surface area contributed by atoms with Crippen molar-refractivity contribution in [3.63, 3.8) is 0 Å². The Hall–Kier alpha value is -1.60. The van der Waals surface area contributed by atoms with Crippen molar-refractivity contribution in [2.45, 2.75) is 13.0 Å². The Morgan fingerprint density at radius 3 is 2.81 bits per heavy atom. The smallest absolute Gasteiger partial charge is 0.340 e. The number of ether oxygens (including phenoxy) is 1. The molecule has 1 fully saturated rings. The van der Waals surface area contributed by atoms with Crippen molar-refractivity contribution in [2.24, 2.45) is 0 Å². The summed E-state index contributed by atoms with van der Waals surface area (Å²) in [6.45, 7) is 2.07. The highest BCUT2D eigenvalue weighted by Crippen LogP contribution is 2.22. The summed E-state index contributed by atoms with van der Waals surface area (Å²) in [5.74, 6) is -1.29. The van der Waals surface area contributed by atoms with Crippen molar-refractivity contribution in [3.05, 3.63) is 33.3 Å². The molecule has 1 aromatic carbocycles. The van der Waals surface area contributed by atoms with E-state index in [1.54, 1.807) is 12.1 Å². The average Bonchev–Trinajstić information content (AvgIpc) is 2.86. The molecule has 1 unspecified atom stereocenters. The number of hydrogen-bond donors (Lipinski definition) is 1. The maximum absolute atomic E-state index is 12.0. The molecule has 3 amide bonds. The van der Waals surface area contributed by atoms with E-state index in [1.165, 1.54) is 13.0 Å². The van der Waals surface area contributed by atoms with Gasteiger partial charge in [0, 0.05) is 17.6 Å². The molecule has 0 aliphatic carbocycles. The van der Waals surface area contributed by atoms with Crippen LogP contribution in [0.2, 0.25) is 5.02 Å². The number of nitrogens with zero attached hydrogens (tertiary/aromatic N) is 1. The molecule has 1 N–H and O–H groups in total. The fraction of sp³-hybridized carbons (Fsp3) is 0.308. The lowest BCUT2D eigenvalue weighted by Gasteiger charge is -2.18. The summed E-state index contributed by atoms with van der Waals surface area (Å²) in [5, 5.41) is 2.73. The molecular weight excluding hydrogens is 364 g/mol. The number of carbonyl (C=O) groups is 3. The Bertz CT molecular complexity index is 608. The van der Waals surface area contributed by atoms with Gasteiger partial charge in [0.15, 0.2) is 6.10 Å². The maximum Gasteiger partial charge on any atom is 0.340 e. The minimum atomic E-state index is -1.07. The van der Waals surface area contributed by atoms with Crippen LogP contribution < -0.4 is 5.32 Å². The SMILES string of the molecule is CC(OC(=O)c1cc(Br)ccc1Cl)C(=O)N1CCNC1=O. The fourth-order valence-corrected chi connectivity index (χ4v) is 2.39. The molecule has 21 heavy (non-hydrogen) atoms. The van der Waals surface area contributed by atoms with Crippen molar-refractivity contribution in [1.82, 2.24) is 10.2 Å². The van der Waals surface area contributed by atoms with Gasteiger partial charge in [0.05, 0.1) is 10.6 Å². The summed E-state index contributed by atoms with van der Waals surface area (Å²) in [6, 6.07) is 4.25. The molecule has 1 heterocycles. The number of urea groups is 1. The normalized spacial score (nSPS) is 15.6. The summed E-state index contributed by atoms with van der Waals surface area (Å²) in [6.07, 6.45) is -1.07. The minimum Gasteiger partial charge on any atom is -0.449 e. The molecule has 1 aromatic rings. The van der Waals surface area contributed by atoms with Crippen LogP contribution in [-0.4, -0.2) is 42.0 Å². The van der Waals surface area contributed by atoms with Crippen molar-refractivity contribution in [1.29, 1.82) is 0 Å². The first-order chi connectivity index (χ1) is 9.90. The van der Waals surface area contributed by atoms with E-state index < -0.39 is 24.0 Å². The summed E-state index contributed by atoms with van der Waals surface area (Å²) in [5.41, 5.74) is 0.150. The second-order valence-corrected chi connectivity index (χ2v) is 5.72. The van der Waals surface area contributed by atoms with Crippen LogP contribution in [-0.2, 0) is 9.53 Å². The van der Waals surface area contributed by atoms with Gasteiger partial charge < -0.3 is 10.1 Å². The summed E-state index contributed by atoms with van der Waals surface area (Å²) >= 11 is 9.15. The zero-order valence-corrected chi connectivity index (χ0v) is 13.4. The third-order valence-electron chi connectivity index (χ3n) is 2.90. The first kappa shape index (κ1) is 15.8. The second-order valence-electron chi connectivity index (χ2n) is 4.39. The highest BCUT2D eigenvalue weighted by Gasteiger charge is 2.32. The van der Waals surface area contributed by atoms with Gasteiger partial charge >= 0.3 is 12.0 Å². The van der Waals surface area contributed by atoms with E-state index in [4.69, 9.17) is 16.3 Å². The quantitative estimate of drug-likeness (QED) is 0.822. The first-order valence-corrected chi connectivity index (χ1v) is 7.32. The summed E-state index contributed by atoms with van der Waals surface area (Å²) in [4.78, 5) is 36.5. The summed E-state index contributed by atoms with van der Waals surface area (Å²) < 4.78 is 5.74. The van der Waals surface area contributed by atoms with Crippen LogP contribution in [0.25, 0.3) is 0 Å². The molecule has 2 rings (SSSR count). The van der Waals surface area contributed by atoms with Crippen LogP contribution in [0.1, 0.15) is 17.3 Å². The Balaban J connectivity index is 2.06. The van der Waals surface area contributed by atoms with Crippen LogP contribution >= 0.6 is 27.5 Å². The van der Waals surface area contributed by atoms with Crippen LogP contribution in [0.15, 0.2) is 22.7 Å². The zero-order valence-electron chi connectivity index (χ0n) is 11.1. The zero-order chi connectivity index (χ0) is 15.6. The Kier molecular flexibility index (Phi) is 4.84. The molecule has 0 bridgehead atoms. The van der Waals surface area contributed by atoms with Gasteiger partial charge in [0.1, 0.15) is 0 Å². The lowest BCUT2D eigenvalue weighted by molar-refractivity contribution is -0.136. The minimum absolute atomic E-state index is 0.150. The number of hydrogen-bond acceptors (Lipinski definition) is 4. The van der Waals surface area contributed by atoms with Crippen molar-refractivity contribution in [2.75, 3.05) is 13.1 Å². The Morgan fingerprint density at radius 2 is 2.19 bits per heavy atom. The number of nitrogens with one attached hydrogen (secondary N) is 1. The standard InChI is InChI=1S/C13H12BrClN2O4/c1-7(11(18)17-5-4-16-13(17)20)21-12(19)9-6-8(14)2-3-10(9)15/h2-3,6-7H,4-5H2,1H3,(H,16,20). The van der Waals surface area contributed by atoms with Gasteiger partial charge in [-0.25, -0.2) is 9.59 Å². The first-order valence-electron chi connectivity index (χ1n) is 6.15. The van der Waals surface area contributed by atoms with Gasteiger partial charge in [-0.15, -0.1) is 0 Å². The van der Waals surface area contributed by atoms with Gasteiger partial charge in [0.2, 0.25) is 0 Å². The van der Waals surface area contributed by atoms with Gasteiger partial charge in [-0.05, 0) is 25.1 Å². The van der Waals surface area contributed by atoms with Crippen molar-refractivity contribution in [3.8, 4) is 0 Å². The number of esters is 1. The topological polar surface area (TPSA) is 75.7 Å². The highest BCUT2D eigenvalue weighted by molar-refractivity contribution is 9.10. The monoisotopic (exact) mass is 374 g/mol. The van der Waals surface area contributed by atoms with E-state index in [1.807, 2.05) is 0 Å². The third kappa shape index (κ3) is 3.54.